The zero-order valence-corrected chi connectivity index (χ0v) is 10.7. The average Bonchev–Trinajstić information content (AvgIpc) is 2.20. The average molecular weight is 378 g/mol. The van der Waals surface area contributed by atoms with Crippen LogP contribution in [0.25, 0.3) is 11.3 Å². The first kappa shape index (κ1) is 14.0. The van der Waals surface area contributed by atoms with Crippen molar-refractivity contribution < 1.29 is 25.6 Å². The van der Waals surface area contributed by atoms with Crippen LogP contribution in [0.1, 0.15) is 5.56 Å². The first-order valence-electron chi connectivity index (χ1n) is 4.26. The van der Waals surface area contributed by atoms with Crippen LogP contribution in [0, 0.1) is 13.0 Å². The van der Waals surface area contributed by atoms with Crippen molar-refractivity contribution >= 4 is 0 Å². The van der Waals surface area contributed by atoms with Crippen LogP contribution in [0.15, 0.2) is 42.6 Å². The minimum absolute atomic E-state index is 0. The molecule has 0 saturated carbocycles. The van der Waals surface area contributed by atoms with Crippen LogP contribution in [-0.2, 0) is 20.1 Å². The summed E-state index contributed by atoms with van der Waals surface area (Å²) in [5, 5.41) is 0. The van der Waals surface area contributed by atoms with Crippen molar-refractivity contribution in [2.24, 2.45) is 0 Å². The monoisotopic (exact) mass is 379 g/mol. The van der Waals surface area contributed by atoms with Crippen LogP contribution >= 0.6 is 0 Å². The summed E-state index contributed by atoms with van der Waals surface area (Å²) in [4.78, 5) is 4.32. The third kappa shape index (κ3) is 3.55. The molecule has 1 aromatic carbocycles. The molecule has 2 rings (SSSR count). The van der Waals surface area contributed by atoms with E-state index in [0.717, 1.165) is 11.3 Å². The zero-order valence-electron chi connectivity index (χ0n) is 8.32. The standard InChI is InChI=1S/C12H10N.Ir.H2O/c1-10-7-8-12(13-9-10)11-5-3-2-4-6-11;;/h2-5,7-9H,1H3;;1H2/q-1;;. The Bertz CT molecular complexity index is 386. The van der Waals surface area contributed by atoms with Crippen LogP contribution in [0.2, 0.25) is 0 Å². The summed E-state index contributed by atoms with van der Waals surface area (Å²) in [5.74, 6) is 0. The molecule has 0 amide bonds. The first-order chi connectivity index (χ1) is 6.36. The summed E-state index contributed by atoms with van der Waals surface area (Å²) in [6.07, 6.45) is 1.87. The number of hydrogen-bond acceptors (Lipinski definition) is 1. The summed E-state index contributed by atoms with van der Waals surface area (Å²) >= 11 is 0. The fourth-order valence-corrected chi connectivity index (χ4v) is 1.18. The van der Waals surface area contributed by atoms with Crippen molar-refractivity contribution in [3.63, 3.8) is 0 Å². The van der Waals surface area contributed by atoms with Crippen molar-refractivity contribution in [1.29, 1.82) is 0 Å². The van der Waals surface area contributed by atoms with Gasteiger partial charge in [0.25, 0.3) is 0 Å². The molecular formula is C12H12IrNO-. The SMILES string of the molecule is Cc1ccc(-c2[c-]cccc2)nc1.O.[Ir]. The fourth-order valence-electron chi connectivity index (χ4n) is 1.18. The molecule has 0 aliphatic rings. The van der Waals surface area contributed by atoms with E-state index in [0.29, 0.717) is 0 Å². The van der Waals surface area contributed by atoms with Crippen molar-refractivity contribution in [3.8, 4) is 11.3 Å². The normalized spacial score (nSPS) is 8.60. The predicted octanol–water partition coefficient (Wildman–Crippen LogP) is 2.03. The summed E-state index contributed by atoms with van der Waals surface area (Å²) in [6.45, 7) is 2.03. The number of aromatic nitrogens is 1. The Balaban J connectivity index is 0.000000980. The van der Waals surface area contributed by atoms with Crippen molar-refractivity contribution in [2.45, 2.75) is 6.92 Å². The van der Waals surface area contributed by atoms with E-state index in [1.165, 1.54) is 5.56 Å². The smallest absolute Gasteiger partial charge is 0.0190 e. The first-order valence-corrected chi connectivity index (χ1v) is 4.26. The molecule has 15 heavy (non-hydrogen) atoms. The molecule has 2 N–H and O–H groups in total. The van der Waals surface area contributed by atoms with Gasteiger partial charge in [-0.25, -0.2) is 0 Å². The molecule has 0 atom stereocenters. The number of hydrogen-bond donors (Lipinski definition) is 0. The third-order valence-corrected chi connectivity index (χ3v) is 1.90. The van der Waals surface area contributed by atoms with Crippen LogP contribution in [0.5, 0.6) is 0 Å². The Morgan fingerprint density at radius 3 is 2.47 bits per heavy atom. The second-order valence-corrected chi connectivity index (χ2v) is 3.00. The van der Waals surface area contributed by atoms with Gasteiger partial charge in [-0.05, 0) is 18.2 Å². The third-order valence-electron chi connectivity index (χ3n) is 1.90. The van der Waals surface area contributed by atoms with E-state index in [9.17, 15) is 0 Å². The molecule has 1 radical (unpaired) electrons. The van der Waals surface area contributed by atoms with E-state index in [1.807, 2.05) is 43.5 Å². The van der Waals surface area contributed by atoms with Crippen LogP contribution in [0.3, 0.4) is 0 Å². The van der Waals surface area contributed by atoms with Gasteiger partial charge in [-0.3, -0.25) is 0 Å². The fraction of sp³-hybridized carbons (Fsp3) is 0.0833. The van der Waals surface area contributed by atoms with Crippen molar-refractivity contribution in [3.05, 3.63) is 54.2 Å². The zero-order chi connectivity index (χ0) is 9.10. The van der Waals surface area contributed by atoms with Gasteiger partial charge in [-0.1, -0.05) is 12.1 Å². The van der Waals surface area contributed by atoms with Gasteiger partial charge in [0.15, 0.2) is 0 Å². The number of rotatable bonds is 1. The predicted molar refractivity (Wildman–Crippen MR) is 56.9 cm³/mol. The largest absolute Gasteiger partial charge is 0.412 e. The quantitative estimate of drug-likeness (QED) is 0.701. The molecule has 0 spiro atoms. The van der Waals surface area contributed by atoms with Crippen LogP contribution in [-0.4, -0.2) is 10.5 Å². The molecule has 2 nitrogen and oxygen atoms in total. The Morgan fingerprint density at radius 2 is 1.93 bits per heavy atom. The van der Waals surface area contributed by atoms with Gasteiger partial charge >= 0.3 is 0 Å². The van der Waals surface area contributed by atoms with Crippen LogP contribution in [0.4, 0.5) is 0 Å². The minimum atomic E-state index is 0. The summed E-state index contributed by atoms with van der Waals surface area (Å²) < 4.78 is 0. The number of nitrogens with zero attached hydrogens (tertiary/aromatic N) is 1. The Kier molecular flexibility index (Phi) is 6.02. The molecule has 0 fully saturated rings. The summed E-state index contributed by atoms with van der Waals surface area (Å²) in [5.41, 5.74) is 3.20. The van der Waals surface area contributed by atoms with Gasteiger partial charge in [0, 0.05) is 26.3 Å². The van der Waals surface area contributed by atoms with Crippen molar-refractivity contribution in [2.75, 3.05) is 0 Å². The summed E-state index contributed by atoms with van der Waals surface area (Å²) in [6, 6.07) is 15.1. The maximum Gasteiger partial charge on any atom is 0.0190 e. The van der Waals surface area contributed by atoms with E-state index in [-0.39, 0.29) is 25.6 Å². The summed E-state index contributed by atoms with van der Waals surface area (Å²) in [7, 11) is 0. The van der Waals surface area contributed by atoms with Gasteiger partial charge in [-0.2, -0.15) is 0 Å². The molecule has 1 aromatic heterocycles. The van der Waals surface area contributed by atoms with E-state index in [4.69, 9.17) is 0 Å². The molecule has 0 aliphatic heterocycles. The topological polar surface area (TPSA) is 44.4 Å². The second kappa shape index (κ2) is 6.46. The van der Waals surface area contributed by atoms with Gasteiger partial charge in [0.2, 0.25) is 0 Å². The second-order valence-electron chi connectivity index (χ2n) is 3.00. The number of pyridine rings is 1. The van der Waals surface area contributed by atoms with Gasteiger partial charge < -0.3 is 10.5 Å². The molecule has 0 unspecified atom stereocenters. The molecule has 2 aromatic rings. The van der Waals surface area contributed by atoms with E-state index in [2.05, 4.69) is 17.1 Å². The maximum atomic E-state index is 4.32. The number of aryl methyl sites for hydroxylation is 1. The molecule has 0 bridgehead atoms. The number of benzene rings is 1. The van der Waals surface area contributed by atoms with Gasteiger partial charge in [-0.15, -0.1) is 35.9 Å². The van der Waals surface area contributed by atoms with Crippen LogP contribution < -0.4 is 0 Å². The maximum absolute atomic E-state index is 4.32. The molecule has 0 aliphatic carbocycles. The van der Waals surface area contributed by atoms with Crippen molar-refractivity contribution in [1.82, 2.24) is 4.98 Å². The Labute approximate surface area is 103 Å². The molecule has 1 heterocycles. The van der Waals surface area contributed by atoms with E-state index >= 15 is 0 Å². The van der Waals surface area contributed by atoms with Gasteiger partial charge in [0.05, 0.1) is 0 Å². The Hall–Kier alpha value is -1.02. The molecule has 3 heteroatoms. The molecule has 0 saturated heterocycles. The van der Waals surface area contributed by atoms with E-state index in [1.54, 1.807) is 0 Å². The molecular weight excluding hydrogens is 366 g/mol. The molecule has 81 valence electrons. The van der Waals surface area contributed by atoms with Gasteiger partial charge in [0.1, 0.15) is 0 Å². The Morgan fingerprint density at radius 1 is 1.13 bits per heavy atom. The van der Waals surface area contributed by atoms with E-state index < -0.39 is 0 Å². The minimum Gasteiger partial charge on any atom is -0.412 e.